The van der Waals surface area contributed by atoms with Gasteiger partial charge in [-0.25, -0.2) is 4.39 Å². The summed E-state index contributed by atoms with van der Waals surface area (Å²) >= 11 is 0. The molecule has 5 nitrogen and oxygen atoms in total. The van der Waals surface area contributed by atoms with Gasteiger partial charge < -0.3 is 5.11 Å². The van der Waals surface area contributed by atoms with Crippen molar-refractivity contribution in [3.05, 3.63) is 101 Å². The standard InChI is InChI=1S/C24H19FN2O3/c1-14-6-5-8-19(15(14)2)27-21(18-7-3-4-13-26-18)20(23(29)24(27)30)22(28)16-9-11-17(25)12-10-16/h3-13,21,28H,1-2H3/b22-20+. The number of aliphatic hydroxyl groups excluding tert-OH is 1. The quantitative estimate of drug-likeness (QED) is 0.399. The van der Waals surface area contributed by atoms with Gasteiger partial charge in [0.1, 0.15) is 17.6 Å². The zero-order valence-corrected chi connectivity index (χ0v) is 16.5. The van der Waals surface area contributed by atoms with E-state index in [9.17, 15) is 19.1 Å². The number of aryl methyl sites for hydroxylation is 1. The highest BCUT2D eigenvalue weighted by Crippen LogP contribution is 2.42. The number of ketones is 1. The van der Waals surface area contributed by atoms with E-state index in [1.165, 1.54) is 29.2 Å². The van der Waals surface area contributed by atoms with Crippen LogP contribution in [-0.4, -0.2) is 21.8 Å². The summed E-state index contributed by atoms with van der Waals surface area (Å²) in [7, 11) is 0. The fourth-order valence-electron chi connectivity index (χ4n) is 3.66. The number of halogens is 1. The molecule has 1 N–H and O–H groups in total. The summed E-state index contributed by atoms with van der Waals surface area (Å²) in [5.74, 6) is -2.39. The molecule has 0 bridgehead atoms. The third-order valence-corrected chi connectivity index (χ3v) is 5.37. The van der Waals surface area contributed by atoms with Crippen LogP contribution in [0.5, 0.6) is 0 Å². The summed E-state index contributed by atoms with van der Waals surface area (Å²) in [5.41, 5.74) is 3.00. The molecular weight excluding hydrogens is 383 g/mol. The molecule has 0 radical (unpaired) electrons. The number of amides is 1. The highest BCUT2D eigenvalue weighted by Gasteiger charge is 2.48. The van der Waals surface area contributed by atoms with Crippen LogP contribution in [0.25, 0.3) is 5.76 Å². The molecule has 1 unspecified atom stereocenters. The predicted octanol–water partition coefficient (Wildman–Crippen LogP) is 4.46. The lowest BCUT2D eigenvalue weighted by molar-refractivity contribution is -0.132. The molecule has 0 spiro atoms. The third-order valence-electron chi connectivity index (χ3n) is 5.37. The summed E-state index contributed by atoms with van der Waals surface area (Å²) in [4.78, 5) is 31.9. The maximum absolute atomic E-state index is 13.3. The number of rotatable bonds is 3. The van der Waals surface area contributed by atoms with Gasteiger partial charge in [-0.2, -0.15) is 0 Å². The van der Waals surface area contributed by atoms with Gasteiger partial charge in [0.05, 0.1) is 11.3 Å². The Morgan fingerprint density at radius 1 is 1.00 bits per heavy atom. The number of nitrogens with zero attached hydrogens (tertiary/aromatic N) is 2. The Bertz CT molecular complexity index is 1170. The fourth-order valence-corrected chi connectivity index (χ4v) is 3.66. The molecule has 0 aliphatic carbocycles. The molecule has 1 atom stereocenters. The number of benzene rings is 2. The Kier molecular flexibility index (Phi) is 4.91. The minimum Gasteiger partial charge on any atom is -0.507 e. The first-order chi connectivity index (χ1) is 14.4. The largest absolute Gasteiger partial charge is 0.507 e. The van der Waals surface area contributed by atoms with Gasteiger partial charge in [-0.15, -0.1) is 0 Å². The molecule has 1 aromatic heterocycles. The Balaban J connectivity index is 1.97. The van der Waals surface area contributed by atoms with Gasteiger partial charge in [-0.3, -0.25) is 19.5 Å². The van der Waals surface area contributed by atoms with Crippen molar-refractivity contribution in [1.29, 1.82) is 0 Å². The molecule has 2 heterocycles. The maximum atomic E-state index is 13.3. The third kappa shape index (κ3) is 3.16. The Labute approximate surface area is 173 Å². The van der Waals surface area contributed by atoms with Crippen molar-refractivity contribution in [1.82, 2.24) is 4.98 Å². The van der Waals surface area contributed by atoms with E-state index in [-0.39, 0.29) is 16.9 Å². The van der Waals surface area contributed by atoms with Gasteiger partial charge in [-0.1, -0.05) is 18.2 Å². The number of carbonyl (C=O) groups excluding carboxylic acids is 2. The van der Waals surface area contributed by atoms with Gasteiger partial charge in [0, 0.05) is 17.4 Å². The van der Waals surface area contributed by atoms with Gasteiger partial charge in [-0.05, 0) is 67.4 Å². The molecule has 1 saturated heterocycles. The van der Waals surface area contributed by atoms with Gasteiger partial charge in [0.2, 0.25) is 0 Å². The maximum Gasteiger partial charge on any atom is 0.300 e. The second-order valence-electron chi connectivity index (χ2n) is 7.15. The zero-order chi connectivity index (χ0) is 21.4. The highest BCUT2D eigenvalue weighted by atomic mass is 19.1. The highest BCUT2D eigenvalue weighted by molar-refractivity contribution is 6.51. The fraction of sp³-hybridized carbons (Fsp3) is 0.125. The lowest BCUT2D eigenvalue weighted by Gasteiger charge is -2.26. The van der Waals surface area contributed by atoms with Crippen LogP contribution in [-0.2, 0) is 9.59 Å². The minimum absolute atomic E-state index is 0.0776. The molecular formula is C24H19FN2O3. The Hall–Kier alpha value is -3.80. The zero-order valence-electron chi connectivity index (χ0n) is 16.5. The molecule has 1 fully saturated rings. The number of aliphatic hydroxyl groups is 1. The number of carbonyl (C=O) groups is 2. The summed E-state index contributed by atoms with van der Waals surface area (Å²) in [5, 5.41) is 10.9. The van der Waals surface area contributed by atoms with Crippen molar-refractivity contribution in [3.8, 4) is 0 Å². The normalized spacial score (nSPS) is 18.1. The summed E-state index contributed by atoms with van der Waals surface area (Å²) in [6.45, 7) is 3.79. The SMILES string of the molecule is Cc1cccc(N2C(=O)C(=O)/C(=C(/O)c3ccc(F)cc3)C2c2ccccn2)c1C. The van der Waals surface area contributed by atoms with Crippen LogP contribution in [0.1, 0.15) is 28.4 Å². The summed E-state index contributed by atoms with van der Waals surface area (Å²) < 4.78 is 13.3. The van der Waals surface area contributed by atoms with E-state index in [0.29, 0.717) is 11.4 Å². The Morgan fingerprint density at radius 3 is 2.40 bits per heavy atom. The molecule has 1 aliphatic rings. The average molecular weight is 402 g/mol. The van der Waals surface area contributed by atoms with E-state index in [2.05, 4.69) is 4.98 Å². The summed E-state index contributed by atoms with van der Waals surface area (Å²) in [6, 6.07) is 14.9. The molecule has 1 amide bonds. The lowest BCUT2D eigenvalue weighted by Crippen LogP contribution is -2.30. The number of anilines is 1. The summed E-state index contributed by atoms with van der Waals surface area (Å²) in [6.07, 6.45) is 1.57. The van der Waals surface area contributed by atoms with Crippen molar-refractivity contribution in [2.24, 2.45) is 0 Å². The molecule has 1 aliphatic heterocycles. The van der Waals surface area contributed by atoms with Crippen LogP contribution >= 0.6 is 0 Å². The van der Waals surface area contributed by atoms with Crippen molar-refractivity contribution in [2.45, 2.75) is 19.9 Å². The monoisotopic (exact) mass is 402 g/mol. The molecule has 4 rings (SSSR count). The first-order valence-electron chi connectivity index (χ1n) is 9.44. The topological polar surface area (TPSA) is 70.5 Å². The van der Waals surface area contributed by atoms with E-state index in [1.54, 1.807) is 30.5 Å². The van der Waals surface area contributed by atoms with Crippen molar-refractivity contribution < 1.29 is 19.1 Å². The first kappa shape index (κ1) is 19.5. The minimum atomic E-state index is -0.906. The van der Waals surface area contributed by atoms with E-state index < -0.39 is 23.5 Å². The predicted molar refractivity (Wildman–Crippen MR) is 111 cm³/mol. The number of Topliss-reactive ketones (excluding diaryl/α,β-unsaturated/α-hetero) is 1. The van der Waals surface area contributed by atoms with E-state index >= 15 is 0 Å². The smallest absolute Gasteiger partial charge is 0.300 e. The average Bonchev–Trinajstić information content (AvgIpc) is 3.01. The first-order valence-corrected chi connectivity index (χ1v) is 9.44. The number of hydrogen-bond donors (Lipinski definition) is 1. The van der Waals surface area contributed by atoms with Crippen LogP contribution in [0.4, 0.5) is 10.1 Å². The Morgan fingerprint density at radius 2 is 1.73 bits per heavy atom. The lowest BCUT2D eigenvalue weighted by atomic mass is 9.97. The van der Waals surface area contributed by atoms with Crippen molar-refractivity contribution >= 4 is 23.1 Å². The van der Waals surface area contributed by atoms with Crippen molar-refractivity contribution in [3.63, 3.8) is 0 Å². The van der Waals surface area contributed by atoms with Gasteiger partial charge >= 0.3 is 0 Å². The van der Waals surface area contributed by atoms with Crippen LogP contribution in [0.15, 0.2) is 72.4 Å². The van der Waals surface area contributed by atoms with Gasteiger partial charge in [0.25, 0.3) is 11.7 Å². The van der Waals surface area contributed by atoms with Crippen LogP contribution in [0.3, 0.4) is 0 Å². The van der Waals surface area contributed by atoms with Crippen LogP contribution in [0.2, 0.25) is 0 Å². The van der Waals surface area contributed by atoms with Gasteiger partial charge in [0.15, 0.2) is 0 Å². The van der Waals surface area contributed by atoms with Crippen LogP contribution in [0, 0.1) is 19.7 Å². The number of hydrogen-bond acceptors (Lipinski definition) is 4. The van der Waals surface area contributed by atoms with E-state index in [4.69, 9.17) is 0 Å². The van der Waals surface area contributed by atoms with E-state index in [1.807, 2.05) is 26.0 Å². The van der Waals surface area contributed by atoms with Crippen LogP contribution < -0.4 is 4.90 Å². The molecule has 6 heteroatoms. The molecule has 150 valence electrons. The second kappa shape index (κ2) is 7.55. The number of aromatic nitrogens is 1. The van der Waals surface area contributed by atoms with Crippen molar-refractivity contribution in [2.75, 3.05) is 4.90 Å². The molecule has 0 saturated carbocycles. The molecule has 2 aromatic carbocycles. The second-order valence-corrected chi connectivity index (χ2v) is 7.15. The molecule has 30 heavy (non-hydrogen) atoms. The van der Waals surface area contributed by atoms with E-state index in [0.717, 1.165) is 11.1 Å². The number of pyridine rings is 1. The molecule has 3 aromatic rings.